The average Bonchev–Trinajstić information content (AvgIpc) is 3.78. The molecule has 3 N–H and O–H groups in total. The monoisotopic (exact) mass is 612 g/mol. The highest BCUT2D eigenvalue weighted by Gasteiger charge is 2.60. The second-order valence-electron chi connectivity index (χ2n) is 13.7. The number of amides is 2. The fourth-order valence-corrected chi connectivity index (χ4v) is 10.5. The smallest absolute Gasteiger partial charge is 0.353 e. The number of carboxylic acids is 1. The molecule has 5 saturated heterocycles. The minimum Gasteiger partial charge on any atom is -0.477 e. The lowest BCUT2D eigenvalue weighted by Crippen LogP contribution is -2.62. The van der Waals surface area contributed by atoms with Crippen LogP contribution in [0.2, 0.25) is 0 Å². The van der Waals surface area contributed by atoms with E-state index < -0.39 is 11.9 Å². The zero-order chi connectivity index (χ0) is 30.0. The molecule has 6 aliphatic heterocycles. The van der Waals surface area contributed by atoms with Crippen LogP contribution in [-0.4, -0.2) is 108 Å². The van der Waals surface area contributed by atoms with E-state index in [1.807, 2.05) is 13.8 Å². The van der Waals surface area contributed by atoms with Crippen LogP contribution in [0, 0.1) is 23.2 Å². The summed E-state index contributed by atoms with van der Waals surface area (Å²) in [7, 11) is 0. The molecule has 2 bridgehead atoms. The van der Waals surface area contributed by atoms with Gasteiger partial charge in [0.05, 0.1) is 18.0 Å². The summed E-state index contributed by atoms with van der Waals surface area (Å²) < 4.78 is 1.36. The Morgan fingerprint density at radius 3 is 2.65 bits per heavy atom. The molecule has 0 aromatic carbocycles. The number of nitrogens with zero attached hydrogens (tertiary/aromatic N) is 6. The summed E-state index contributed by atoms with van der Waals surface area (Å²) in [5, 5.41) is 28.0. The summed E-state index contributed by atoms with van der Waals surface area (Å²) in [6.07, 6.45) is 7.76. The number of tetrazole rings is 1. The van der Waals surface area contributed by atoms with Crippen LogP contribution >= 0.6 is 11.8 Å². The number of aromatic nitrogens is 4. The van der Waals surface area contributed by atoms with Gasteiger partial charge in [-0.2, -0.15) is 0 Å². The summed E-state index contributed by atoms with van der Waals surface area (Å²) in [5.74, 6) is -2.06. The van der Waals surface area contributed by atoms with Crippen LogP contribution in [0.1, 0.15) is 58.8 Å². The molecule has 232 valence electrons. The molecule has 13 nitrogen and oxygen atoms in total. The molecule has 6 aliphatic rings. The Bertz CT molecular complexity index is 1330. The first kappa shape index (κ1) is 28.9. The quantitative estimate of drug-likeness (QED) is 0.336. The normalized spacial score (nSPS) is 37.3. The predicted molar refractivity (Wildman–Crippen MR) is 155 cm³/mol. The third-order valence-electron chi connectivity index (χ3n) is 10.9. The maximum Gasteiger partial charge on any atom is 0.353 e. The standard InChI is InChI=1S/C29H40N8O5S/c1-15(7-19(38)12-35-14-32-33-34-35)22-23-16(2)25(24(28(41)42)37(23)27(22)40)43-20-8-21(31-11-20)26(39)36-17-3-4-18(36)10-29(9-17)5-6-30-13-29/h14-18,20-23,30-31H,3-13H2,1-2H3,(H,41,42)/t15-,16+,17?,18?,20?,21-,22+,23+,29?/m0/s1. The van der Waals surface area contributed by atoms with Crippen LogP contribution in [0.5, 0.6) is 0 Å². The van der Waals surface area contributed by atoms with Crippen molar-refractivity contribution in [2.24, 2.45) is 23.2 Å². The van der Waals surface area contributed by atoms with E-state index in [2.05, 4.69) is 31.1 Å². The highest BCUT2D eigenvalue weighted by atomic mass is 32.2. The van der Waals surface area contributed by atoms with Gasteiger partial charge in [0.1, 0.15) is 18.6 Å². The Hall–Kier alpha value is -2.84. The highest BCUT2D eigenvalue weighted by Crippen LogP contribution is 2.53. The summed E-state index contributed by atoms with van der Waals surface area (Å²) in [4.78, 5) is 56.5. The number of piperidine rings is 1. The zero-order valence-corrected chi connectivity index (χ0v) is 25.5. The van der Waals surface area contributed by atoms with Crippen LogP contribution in [0.4, 0.5) is 0 Å². The van der Waals surface area contributed by atoms with Gasteiger partial charge < -0.3 is 25.5 Å². The maximum absolute atomic E-state index is 13.8. The number of aliphatic carboxylic acids is 1. The molecule has 0 radical (unpaired) electrons. The molecule has 7 heterocycles. The summed E-state index contributed by atoms with van der Waals surface area (Å²) in [5.41, 5.74) is 0.418. The second kappa shape index (κ2) is 11.0. The predicted octanol–water partition coefficient (Wildman–Crippen LogP) is 0.638. The van der Waals surface area contributed by atoms with E-state index in [4.69, 9.17) is 0 Å². The molecule has 7 rings (SSSR count). The topological polar surface area (TPSA) is 163 Å². The number of nitrogens with one attached hydrogen (secondary N) is 2. The van der Waals surface area contributed by atoms with Crippen molar-refractivity contribution in [3.8, 4) is 0 Å². The molecule has 43 heavy (non-hydrogen) atoms. The van der Waals surface area contributed by atoms with Crippen molar-refractivity contribution in [3.05, 3.63) is 16.9 Å². The molecular formula is C29H40N8O5S. The number of hydrogen-bond acceptors (Lipinski definition) is 10. The molecule has 1 aromatic heterocycles. The van der Waals surface area contributed by atoms with Crippen LogP contribution in [0.25, 0.3) is 0 Å². The number of carboxylic acid groups (broad SMARTS) is 1. The van der Waals surface area contributed by atoms with Crippen molar-refractivity contribution < 1.29 is 24.3 Å². The number of carbonyl (C=O) groups excluding carboxylic acids is 3. The van der Waals surface area contributed by atoms with E-state index in [9.17, 15) is 24.3 Å². The molecule has 14 heteroatoms. The molecule has 0 aliphatic carbocycles. The van der Waals surface area contributed by atoms with Crippen molar-refractivity contribution >= 4 is 35.3 Å². The van der Waals surface area contributed by atoms with Crippen LogP contribution in [-0.2, 0) is 25.7 Å². The minimum atomic E-state index is -1.11. The Kier molecular flexibility index (Phi) is 7.36. The van der Waals surface area contributed by atoms with Gasteiger partial charge in [-0.3, -0.25) is 14.4 Å². The van der Waals surface area contributed by atoms with Gasteiger partial charge in [-0.05, 0) is 66.8 Å². The third kappa shape index (κ3) is 4.89. The van der Waals surface area contributed by atoms with Crippen LogP contribution in [0.15, 0.2) is 16.9 Å². The largest absolute Gasteiger partial charge is 0.477 e. The zero-order valence-electron chi connectivity index (χ0n) is 24.6. The van der Waals surface area contributed by atoms with Gasteiger partial charge in [-0.15, -0.1) is 16.9 Å². The number of Topliss-reactive ketones (excluding diaryl/α,β-unsaturated/α-hetero) is 1. The first-order valence-electron chi connectivity index (χ1n) is 15.6. The van der Waals surface area contributed by atoms with Crippen molar-refractivity contribution in [1.82, 2.24) is 40.6 Å². The Labute approximate surface area is 254 Å². The van der Waals surface area contributed by atoms with Gasteiger partial charge in [0.2, 0.25) is 11.8 Å². The van der Waals surface area contributed by atoms with E-state index >= 15 is 0 Å². The first-order chi connectivity index (χ1) is 20.7. The van der Waals surface area contributed by atoms with Crippen molar-refractivity contribution in [2.45, 2.75) is 94.8 Å². The van der Waals surface area contributed by atoms with Crippen molar-refractivity contribution in [3.63, 3.8) is 0 Å². The molecule has 1 aromatic rings. The van der Waals surface area contributed by atoms with E-state index in [1.54, 1.807) is 0 Å². The van der Waals surface area contributed by atoms with E-state index in [0.717, 1.165) is 38.8 Å². The minimum absolute atomic E-state index is 0.0352. The molecule has 1 spiro atoms. The van der Waals surface area contributed by atoms with E-state index in [1.165, 1.54) is 34.1 Å². The fourth-order valence-electron chi connectivity index (χ4n) is 9.04. The number of carbonyl (C=O) groups is 4. The Morgan fingerprint density at radius 1 is 1.23 bits per heavy atom. The third-order valence-corrected chi connectivity index (χ3v) is 12.4. The lowest BCUT2D eigenvalue weighted by Gasteiger charge is -2.47. The van der Waals surface area contributed by atoms with Crippen LogP contribution < -0.4 is 10.6 Å². The van der Waals surface area contributed by atoms with Gasteiger partial charge in [0, 0.05) is 47.7 Å². The summed E-state index contributed by atoms with van der Waals surface area (Å²) in [6.45, 7) is 6.66. The average molecular weight is 613 g/mol. The summed E-state index contributed by atoms with van der Waals surface area (Å²) >= 11 is 1.51. The molecular weight excluding hydrogens is 572 g/mol. The number of β-lactam (4-membered cyclic amide) rings is 1. The molecule has 5 fully saturated rings. The molecule has 2 amide bonds. The molecule has 0 saturated carbocycles. The Morgan fingerprint density at radius 2 is 2.00 bits per heavy atom. The van der Waals surface area contributed by atoms with Gasteiger partial charge >= 0.3 is 5.97 Å². The number of fused-ring (bicyclic) bond motifs is 3. The SMILES string of the molecule is C[C@@H](CC(=O)Cn1cnnn1)[C@H]1C(=O)N2C(C(=O)O)=C(SC3CN[C@H](C(=O)N4C5CCC4CC4(CCNC4)C5)C3)[C@H](C)[C@H]12. The number of hydrogen-bond donors (Lipinski definition) is 3. The maximum atomic E-state index is 13.8. The first-order valence-corrected chi connectivity index (χ1v) is 16.5. The fraction of sp³-hybridized carbons (Fsp3) is 0.759. The number of rotatable bonds is 9. The summed E-state index contributed by atoms with van der Waals surface area (Å²) in [6, 6.07) is 0.0950. The van der Waals surface area contributed by atoms with Gasteiger partial charge in [-0.25, -0.2) is 9.48 Å². The van der Waals surface area contributed by atoms with Crippen molar-refractivity contribution in [1.29, 1.82) is 0 Å². The highest BCUT2D eigenvalue weighted by molar-refractivity contribution is 8.03. The molecule has 3 unspecified atom stereocenters. The van der Waals surface area contributed by atoms with E-state index in [0.29, 0.717) is 35.4 Å². The molecule has 8 atom stereocenters. The second-order valence-corrected chi connectivity index (χ2v) is 15.0. The number of ketones is 1. The van der Waals surface area contributed by atoms with Crippen molar-refractivity contribution in [2.75, 3.05) is 19.6 Å². The van der Waals surface area contributed by atoms with Gasteiger partial charge in [0.15, 0.2) is 5.78 Å². The van der Waals surface area contributed by atoms with Crippen LogP contribution in [0.3, 0.4) is 0 Å². The Balaban J connectivity index is 0.991. The lowest BCUT2D eigenvalue weighted by atomic mass is 9.73. The van der Waals surface area contributed by atoms with E-state index in [-0.39, 0.29) is 65.4 Å². The lowest BCUT2D eigenvalue weighted by molar-refractivity contribution is -0.160. The van der Waals surface area contributed by atoms with Gasteiger partial charge in [0.25, 0.3) is 0 Å². The number of thioether (sulfide) groups is 1. The van der Waals surface area contributed by atoms with Gasteiger partial charge in [-0.1, -0.05) is 13.8 Å².